The van der Waals surface area contributed by atoms with Gasteiger partial charge in [0.15, 0.2) is 0 Å². The van der Waals surface area contributed by atoms with Crippen molar-refractivity contribution in [1.29, 1.82) is 0 Å². The Morgan fingerprint density at radius 1 is 1.20 bits per heavy atom. The predicted octanol–water partition coefficient (Wildman–Crippen LogP) is 2.94. The zero-order chi connectivity index (χ0) is 13.9. The maximum Gasteiger partial charge on any atom is 0.220 e. The summed E-state index contributed by atoms with van der Waals surface area (Å²) in [4.78, 5) is 15.8. The monoisotopic (exact) mass is 267 g/mol. The summed E-state index contributed by atoms with van der Waals surface area (Å²) in [5.41, 5.74) is 9.73. The van der Waals surface area contributed by atoms with Crippen LogP contribution in [0, 0.1) is 0 Å². The number of unbranched alkanes of at least 4 members (excludes halogenated alkanes) is 1. The van der Waals surface area contributed by atoms with Gasteiger partial charge in [0.25, 0.3) is 0 Å². The molecule has 20 heavy (non-hydrogen) atoms. The summed E-state index contributed by atoms with van der Waals surface area (Å²) < 4.78 is 0. The number of aryl methyl sites for hydroxylation is 1. The molecule has 3 heterocycles. The smallest absolute Gasteiger partial charge is 0.220 e. The number of nitrogens with zero attached hydrogens (tertiary/aromatic N) is 3. The molecule has 0 atom stereocenters. The molecule has 5 heteroatoms. The van der Waals surface area contributed by atoms with E-state index >= 15 is 0 Å². The maximum atomic E-state index is 5.68. The summed E-state index contributed by atoms with van der Waals surface area (Å²) in [5.74, 6) is 0.288. The van der Waals surface area contributed by atoms with E-state index in [1.54, 1.807) is 6.20 Å². The van der Waals surface area contributed by atoms with Gasteiger partial charge in [0.05, 0.1) is 5.69 Å². The zero-order valence-corrected chi connectivity index (χ0v) is 11.4. The lowest BCUT2D eigenvalue weighted by atomic mass is 10.0. The van der Waals surface area contributed by atoms with E-state index in [0.29, 0.717) is 0 Å². The highest BCUT2D eigenvalue weighted by Gasteiger charge is 2.12. The van der Waals surface area contributed by atoms with Gasteiger partial charge in [0.1, 0.15) is 5.65 Å². The number of pyridine rings is 1. The van der Waals surface area contributed by atoms with Crippen LogP contribution in [0.3, 0.4) is 0 Å². The van der Waals surface area contributed by atoms with Gasteiger partial charge < -0.3 is 10.7 Å². The Morgan fingerprint density at radius 3 is 2.85 bits per heavy atom. The number of anilines is 1. The third kappa shape index (κ3) is 2.22. The molecule has 3 N–H and O–H groups in total. The van der Waals surface area contributed by atoms with Gasteiger partial charge in [-0.1, -0.05) is 13.3 Å². The van der Waals surface area contributed by atoms with Crippen LogP contribution in [0.25, 0.3) is 22.3 Å². The lowest BCUT2D eigenvalue weighted by Crippen LogP contribution is -1.95. The number of fused-ring (bicyclic) bond motifs is 1. The maximum absolute atomic E-state index is 5.68. The van der Waals surface area contributed by atoms with Crippen LogP contribution in [0.5, 0.6) is 0 Å². The Labute approximate surface area is 117 Å². The highest BCUT2D eigenvalue weighted by Crippen LogP contribution is 2.29. The van der Waals surface area contributed by atoms with Gasteiger partial charge in [-0.2, -0.15) is 0 Å². The van der Waals surface area contributed by atoms with E-state index in [9.17, 15) is 0 Å². The van der Waals surface area contributed by atoms with E-state index in [1.807, 2.05) is 18.5 Å². The van der Waals surface area contributed by atoms with Crippen molar-refractivity contribution in [3.05, 3.63) is 36.3 Å². The number of hydrogen-bond donors (Lipinski definition) is 2. The molecule has 0 saturated heterocycles. The highest BCUT2D eigenvalue weighted by molar-refractivity contribution is 5.95. The first kappa shape index (κ1) is 12.6. The van der Waals surface area contributed by atoms with Crippen LogP contribution >= 0.6 is 0 Å². The number of aromatic amines is 1. The zero-order valence-electron chi connectivity index (χ0n) is 11.4. The van der Waals surface area contributed by atoms with Gasteiger partial charge in [-0.15, -0.1) is 0 Å². The number of nitrogens with two attached hydrogens (primary N) is 1. The number of nitrogens with one attached hydrogen (secondary N) is 1. The van der Waals surface area contributed by atoms with Gasteiger partial charge in [-0.25, -0.2) is 15.0 Å². The highest BCUT2D eigenvalue weighted by atomic mass is 15.0. The van der Waals surface area contributed by atoms with Crippen molar-refractivity contribution in [3.8, 4) is 11.3 Å². The number of aromatic nitrogens is 4. The van der Waals surface area contributed by atoms with Crippen LogP contribution in [-0.4, -0.2) is 19.9 Å². The van der Waals surface area contributed by atoms with Crippen molar-refractivity contribution < 1.29 is 0 Å². The van der Waals surface area contributed by atoms with Gasteiger partial charge in [-0.05, 0) is 30.5 Å². The summed E-state index contributed by atoms with van der Waals surface area (Å²) in [7, 11) is 0. The van der Waals surface area contributed by atoms with Crippen LogP contribution in [0.15, 0.2) is 30.7 Å². The van der Waals surface area contributed by atoms with E-state index in [4.69, 9.17) is 5.73 Å². The van der Waals surface area contributed by atoms with Crippen LogP contribution in [0.2, 0.25) is 0 Å². The molecule has 0 aromatic carbocycles. The molecule has 0 aliphatic heterocycles. The molecule has 5 nitrogen and oxygen atoms in total. The van der Waals surface area contributed by atoms with E-state index in [2.05, 4.69) is 32.9 Å². The minimum atomic E-state index is 0.288. The molecule has 3 aromatic rings. The molecular formula is C15H17N5. The van der Waals surface area contributed by atoms with Crippen LogP contribution in [-0.2, 0) is 6.42 Å². The van der Waals surface area contributed by atoms with Crippen molar-refractivity contribution >= 4 is 17.0 Å². The Bertz CT molecular complexity index is 732. The number of rotatable bonds is 4. The third-order valence-electron chi connectivity index (χ3n) is 3.41. The van der Waals surface area contributed by atoms with Gasteiger partial charge >= 0.3 is 0 Å². The second-order valence-electron chi connectivity index (χ2n) is 4.80. The minimum Gasteiger partial charge on any atom is -0.368 e. The number of H-pyrrole nitrogens is 1. The standard InChI is InChI=1S/C15H17N5/c1-2-3-4-10-5-7-17-14-13(10)11(9-19-14)12-6-8-18-15(16)20-12/h5-9H,2-4H2,1H3,(H,17,19)(H2,16,18,20). The topological polar surface area (TPSA) is 80.5 Å². The first-order valence-corrected chi connectivity index (χ1v) is 6.83. The van der Waals surface area contributed by atoms with Gasteiger partial charge in [0, 0.05) is 29.5 Å². The quantitative estimate of drug-likeness (QED) is 0.761. The molecule has 0 spiro atoms. The SMILES string of the molecule is CCCCc1ccnc2[nH]cc(-c3ccnc(N)n3)c12. The summed E-state index contributed by atoms with van der Waals surface area (Å²) in [6.07, 6.45) is 8.84. The molecule has 0 fully saturated rings. The third-order valence-corrected chi connectivity index (χ3v) is 3.41. The second-order valence-corrected chi connectivity index (χ2v) is 4.80. The van der Waals surface area contributed by atoms with Gasteiger partial charge in [0.2, 0.25) is 5.95 Å². The average Bonchev–Trinajstić information content (AvgIpc) is 2.89. The lowest BCUT2D eigenvalue weighted by Gasteiger charge is -2.05. The second kappa shape index (κ2) is 5.28. The average molecular weight is 267 g/mol. The van der Waals surface area contributed by atoms with Gasteiger partial charge in [-0.3, -0.25) is 0 Å². The van der Waals surface area contributed by atoms with Crippen molar-refractivity contribution in [3.63, 3.8) is 0 Å². The summed E-state index contributed by atoms with van der Waals surface area (Å²) >= 11 is 0. The molecule has 0 saturated carbocycles. The molecule has 102 valence electrons. The van der Waals surface area contributed by atoms with E-state index in [1.165, 1.54) is 12.0 Å². The molecule has 0 radical (unpaired) electrons. The van der Waals surface area contributed by atoms with E-state index in [-0.39, 0.29) is 5.95 Å². The first-order chi connectivity index (χ1) is 9.79. The van der Waals surface area contributed by atoms with Crippen molar-refractivity contribution in [2.75, 3.05) is 5.73 Å². The van der Waals surface area contributed by atoms with E-state index in [0.717, 1.165) is 35.1 Å². The summed E-state index contributed by atoms with van der Waals surface area (Å²) in [5, 5.41) is 1.14. The molecular weight excluding hydrogens is 250 g/mol. The predicted molar refractivity (Wildman–Crippen MR) is 80.1 cm³/mol. The van der Waals surface area contributed by atoms with Crippen LogP contribution in [0.1, 0.15) is 25.3 Å². The normalized spacial score (nSPS) is 11.1. The van der Waals surface area contributed by atoms with Crippen molar-refractivity contribution in [2.45, 2.75) is 26.2 Å². The van der Waals surface area contributed by atoms with Crippen molar-refractivity contribution in [2.24, 2.45) is 0 Å². The Hall–Kier alpha value is -2.43. The molecule has 3 aromatic heterocycles. The summed E-state index contributed by atoms with van der Waals surface area (Å²) in [6.45, 7) is 2.20. The fourth-order valence-corrected chi connectivity index (χ4v) is 2.43. The molecule has 0 aliphatic rings. The number of nitrogen functional groups attached to an aromatic ring is 1. The summed E-state index contributed by atoms with van der Waals surface area (Å²) in [6, 6.07) is 3.95. The molecule has 0 unspecified atom stereocenters. The fraction of sp³-hybridized carbons (Fsp3) is 0.267. The molecule has 0 aliphatic carbocycles. The minimum absolute atomic E-state index is 0.288. The Morgan fingerprint density at radius 2 is 2.05 bits per heavy atom. The Balaban J connectivity index is 2.16. The molecule has 3 rings (SSSR count). The largest absolute Gasteiger partial charge is 0.368 e. The lowest BCUT2D eigenvalue weighted by molar-refractivity contribution is 0.798. The molecule has 0 amide bonds. The molecule has 0 bridgehead atoms. The van der Waals surface area contributed by atoms with Crippen molar-refractivity contribution in [1.82, 2.24) is 19.9 Å². The van der Waals surface area contributed by atoms with E-state index < -0.39 is 0 Å². The first-order valence-electron chi connectivity index (χ1n) is 6.83. The Kier molecular flexibility index (Phi) is 3.33. The number of hydrogen-bond acceptors (Lipinski definition) is 4. The van der Waals surface area contributed by atoms with Crippen LogP contribution < -0.4 is 5.73 Å². The fourth-order valence-electron chi connectivity index (χ4n) is 2.43. The van der Waals surface area contributed by atoms with Crippen LogP contribution in [0.4, 0.5) is 5.95 Å².